The topological polar surface area (TPSA) is 42.0 Å². The molecule has 2 aromatic rings. The molecule has 0 atom stereocenters. The van der Waals surface area contributed by atoms with E-state index in [-0.39, 0.29) is 5.91 Å². The van der Waals surface area contributed by atoms with Crippen LogP contribution in [0.25, 0.3) is 0 Å². The van der Waals surface area contributed by atoms with E-state index in [4.69, 9.17) is 0 Å². The molecule has 0 saturated heterocycles. The summed E-state index contributed by atoms with van der Waals surface area (Å²) in [5.41, 5.74) is 3.61. The molecular formula is C14H16N2OS2. The second kappa shape index (κ2) is 5.43. The van der Waals surface area contributed by atoms with Gasteiger partial charge >= 0.3 is 0 Å². The fourth-order valence-corrected chi connectivity index (χ4v) is 4.14. The maximum atomic E-state index is 12.2. The molecule has 2 heterocycles. The van der Waals surface area contributed by atoms with Crippen LogP contribution >= 0.6 is 22.7 Å². The Labute approximate surface area is 120 Å². The number of thiophene rings is 1. The molecule has 1 aliphatic carbocycles. The van der Waals surface area contributed by atoms with Gasteiger partial charge in [-0.2, -0.15) is 0 Å². The van der Waals surface area contributed by atoms with Crippen molar-refractivity contribution in [2.24, 2.45) is 0 Å². The number of aromatic nitrogens is 1. The third kappa shape index (κ3) is 2.72. The van der Waals surface area contributed by atoms with Gasteiger partial charge < -0.3 is 5.32 Å². The number of hydrogen-bond acceptors (Lipinski definition) is 4. The fraction of sp³-hybridized carbons (Fsp3) is 0.429. The molecule has 1 aliphatic rings. The summed E-state index contributed by atoms with van der Waals surface area (Å²) in [6, 6.07) is 0. The Morgan fingerprint density at radius 3 is 2.95 bits per heavy atom. The first-order chi connectivity index (χ1) is 9.24. The van der Waals surface area contributed by atoms with Crippen LogP contribution in [0, 0.1) is 6.92 Å². The summed E-state index contributed by atoms with van der Waals surface area (Å²) in [4.78, 5) is 17.5. The molecule has 3 nitrogen and oxygen atoms in total. The van der Waals surface area contributed by atoms with Crippen molar-refractivity contribution in [2.75, 3.05) is 0 Å². The molecule has 0 unspecified atom stereocenters. The van der Waals surface area contributed by atoms with E-state index in [1.165, 1.54) is 24.0 Å². The van der Waals surface area contributed by atoms with Crippen molar-refractivity contribution in [2.45, 2.75) is 39.2 Å². The van der Waals surface area contributed by atoms with Gasteiger partial charge in [0.05, 0.1) is 22.1 Å². The molecule has 3 rings (SSSR count). The predicted octanol–water partition coefficient (Wildman–Crippen LogP) is 3.32. The summed E-state index contributed by atoms with van der Waals surface area (Å²) in [7, 11) is 0. The first-order valence-electron chi connectivity index (χ1n) is 6.52. The normalized spacial score (nSPS) is 14.2. The second-order valence-corrected chi connectivity index (χ2v) is 6.76. The largest absolute Gasteiger partial charge is 0.346 e. The zero-order valence-electron chi connectivity index (χ0n) is 10.9. The molecule has 0 bridgehead atoms. The smallest absolute Gasteiger partial charge is 0.261 e. The molecule has 2 aromatic heterocycles. The van der Waals surface area contributed by atoms with Crippen molar-refractivity contribution in [3.05, 3.63) is 37.5 Å². The molecule has 100 valence electrons. The van der Waals surface area contributed by atoms with Gasteiger partial charge in [0.1, 0.15) is 0 Å². The van der Waals surface area contributed by atoms with E-state index in [1.807, 2.05) is 12.3 Å². The van der Waals surface area contributed by atoms with E-state index >= 15 is 0 Å². The van der Waals surface area contributed by atoms with Crippen LogP contribution in [-0.4, -0.2) is 10.9 Å². The highest BCUT2D eigenvalue weighted by molar-refractivity contribution is 7.12. The SMILES string of the molecule is Cc1nc(CNC(=O)c2scc3c2CCCC3)cs1. The zero-order chi connectivity index (χ0) is 13.2. The lowest BCUT2D eigenvalue weighted by Gasteiger charge is -2.12. The van der Waals surface area contributed by atoms with E-state index in [0.29, 0.717) is 6.54 Å². The number of nitrogens with one attached hydrogen (secondary N) is 1. The fourth-order valence-electron chi connectivity index (χ4n) is 2.45. The highest BCUT2D eigenvalue weighted by Crippen LogP contribution is 2.29. The standard InChI is InChI=1S/C14H16N2OS2/c1-9-16-11(8-18-9)6-15-14(17)13-12-5-3-2-4-10(12)7-19-13/h7-8H,2-6H2,1H3,(H,15,17). The number of thiazole rings is 1. The van der Waals surface area contributed by atoms with Crippen LogP contribution in [0.2, 0.25) is 0 Å². The second-order valence-electron chi connectivity index (χ2n) is 4.82. The van der Waals surface area contributed by atoms with Gasteiger partial charge in [-0.15, -0.1) is 22.7 Å². The number of fused-ring (bicyclic) bond motifs is 1. The first-order valence-corrected chi connectivity index (χ1v) is 8.28. The maximum Gasteiger partial charge on any atom is 0.261 e. The van der Waals surface area contributed by atoms with Crippen molar-refractivity contribution in [3.63, 3.8) is 0 Å². The molecular weight excluding hydrogens is 276 g/mol. The average Bonchev–Trinajstić information content (AvgIpc) is 3.02. The Kier molecular flexibility index (Phi) is 3.66. The molecule has 0 radical (unpaired) electrons. The van der Waals surface area contributed by atoms with Crippen molar-refractivity contribution in [1.29, 1.82) is 0 Å². The minimum atomic E-state index is 0.0544. The van der Waals surface area contributed by atoms with Gasteiger partial charge in [-0.25, -0.2) is 4.98 Å². The van der Waals surface area contributed by atoms with E-state index in [9.17, 15) is 4.79 Å². The number of nitrogens with zero attached hydrogens (tertiary/aromatic N) is 1. The van der Waals surface area contributed by atoms with Crippen LogP contribution in [0.3, 0.4) is 0 Å². The number of hydrogen-bond donors (Lipinski definition) is 1. The van der Waals surface area contributed by atoms with Crippen LogP contribution in [0.4, 0.5) is 0 Å². The Bertz CT molecular complexity index is 600. The Hall–Kier alpha value is -1.20. The third-order valence-electron chi connectivity index (χ3n) is 3.41. The van der Waals surface area contributed by atoms with Gasteiger partial charge in [0.15, 0.2) is 0 Å². The van der Waals surface area contributed by atoms with Crippen molar-refractivity contribution in [3.8, 4) is 0 Å². The van der Waals surface area contributed by atoms with E-state index < -0.39 is 0 Å². The van der Waals surface area contributed by atoms with Crippen LogP contribution in [0.1, 0.15) is 44.3 Å². The van der Waals surface area contributed by atoms with E-state index in [2.05, 4.69) is 15.7 Å². The molecule has 1 N–H and O–H groups in total. The molecule has 1 amide bonds. The van der Waals surface area contributed by atoms with Gasteiger partial charge in [-0.1, -0.05) is 0 Å². The minimum absolute atomic E-state index is 0.0544. The molecule has 0 aromatic carbocycles. The van der Waals surface area contributed by atoms with Gasteiger partial charge in [0.25, 0.3) is 5.91 Å². The lowest BCUT2D eigenvalue weighted by atomic mass is 9.94. The first kappa shape index (κ1) is 12.8. The number of rotatable bonds is 3. The molecule has 5 heteroatoms. The molecule has 0 saturated carbocycles. The van der Waals surface area contributed by atoms with E-state index in [1.54, 1.807) is 22.7 Å². The molecule has 0 fully saturated rings. The summed E-state index contributed by atoms with van der Waals surface area (Å²) in [6.45, 7) is 2.50. The highest BCUT2D eigenvalue weighted by atomic mass is 32.1. The number of aryl methyl sites for hydroxylation is 2. The summed E-state index contributed by atoms with van der Waals surface area (Å²) in [5.74, 6) is 0.0544. The van der Waals surface area contributed by atoms with Crippen molar-refractivity contribution in [1.82, 2.24) is 10.3 Å². The van der Waals surface area contributed by atoms with Crippen LogP contribution in [0.5, 0.6) is 0 Å². The molecule has 19 heavy (non-hydrogen) atoms. The zero-order valence-corrected chi connectivity index (χ0v) is 12.5. The Morgan fingerprint density at radius 2 is 2.16 bits per heavy atom. The molecule has 0 aliphatic heterocycles. The lowest BCUT2D eigenvalue weighted by Crippen LogP contribution is -2.23. The van der Waals surface area contributed by atoms with Crippen molar-refractivity contribution >= 4 is 28.6 Å². The summed E-state index contributed by atoms with van der Waals surface area (Å²) < 4.78 is 0. The summed E-state index contributed by atoms with van der Waals surface area (Å²) >= 11 is 3.20. The van der Waals surface area contributed by atoms with E-state index in [0.717, 1.165) is 28.4 Å². The average molecular weight is 292 g/mol. The third-order valence-corrected chi connectivity index (χ3v) is 5.30. The summed E-state index contributed by atoms with van der Waals surface area (Å²) in [5, 5.41) is 8.17. The van der Waals surface area contributed by atoms with Crippen LogP contribution in [-0.2, 0) is 19.4 Å². The highest BCUT2D eigenvalue weighted by Gasteiger charge is 2.20. The molecule has 0 spiro atoms. The number of carbonyl (C=O) groups excluding carboxylic acids is 1. The van der Waals surface area contributed by atoms with Gasteiger partial charge in [-0.05, 0) is 49.1 Å². The maximum absolute atomic E-state index is 12.2. The Balaban J connectivity index is 1.69. The summed E-state index contributed by atoms with van der Waals surface area (Å²) in [6.07, 6.45) is 4.64. The van der Waals surface area contributed by atoms with Crippen molar-refractivity contribution < 1.29 is 4.79 Å². The minimum Gasteiger partial charge on any atom is -0.346 e. The van der Waals surface area contributed by atoms with Crippen LogP contribution in [0.15, 0.2) is 10.8 Å². The lowest BCUT2D eigenvalue weighted by molar-refractivity contribution is 0.0953. The predicted molar refractivity (Wildman–Crippen MR) is 79.0 cm³/mol. The monoisotopic (exact) mass is 292 g/mol. The number of carbonyl (C=O) groups is 1. The number of amides is 1. The quantitative estimate of drug-likeness (QED) is 0.943. The van der Waals surface area contributed by atoms with Gasteiger partial charge in [0, 0.05) is 5.38 Å². The van der Waals surface area contributed by atoms with Crippen LogP contribution < -0.4 is 5.32 Å². The van der Waals surface area contributed by atoms with Gasteiger partial charge in [-0.3, -0.25) is 4.79 Å². The van der Waals surface area contributed by atoms with Gasteiger partial charge in [0.2, 0.25) is 0 Å². The Morgan fingerprint density at radius 1 is 1.32 bits per heavy atom.